The van der Waals surface area contributed by atoms with Crippen LogP contribution in [-0.4, -0.2) is 18.6 Å². The van der Waals surface area contributed by atoms with Crippen LogP contribution >= 0.6 is 24.0 Å². The van der Waals surface area contributed by atoms with Crippen molar-refractivity contribution in [2.24, 2.45) is 10.7 Å². The number of rotatable bonds is 5. The number of hydrogen-bond donors (Lipinski definition) is 2. The molecule has 0 aliphatic heterocycles. The third kappa shape index (κ3) is 6.54. The van der Waals surface area contributed by atoms with E-state index in [2.05, 4.69) is 10.3 Å². The van der Waals surface area contributed by atoms with E-state index in [-0.39, 0.29) is 24.0 Å². The van der Waals surface area contributed by atoms with Crippen molar-refractivity contribution >= 4 is 29.9 Å². The van der Waals surface area contributed by atoms with Gasteiger partial charge in [-0.05, 0) is 37.5 Å². The van der Waals surface area contributed by atoms with Crippen molar-refractivity contribution in [3.63, 3.8) is 0 Å². The molecule has 5 heteroatoms. The van der Waals surface area contributed by atoms with Gasteiger partial charge in [0.1, 0.15) is 5.75 Å². The largest absolute Gasteiger partial charge is 0.494 e. The van der Waals surface area contributed by atoms with Crippen LogP contribution in [0.5, 0.6) is 5.75 Å². The molecule has 4 nitrogen and oxygen atoms in total. The number of ether oxygens (including phenoxy) is 1. The highest BCUT2D eigenvalue weighted by Gasteiger charge is 2.13. The molecule has 1 saturated carbocycles. The zero-order valence-corrected chi connectivity index (χ0v) is 15.0. The van der Waals surface area contributed by atoms with Crippen molar-refractivity contribution in [1.82, 2.24) is 5.32 Å². The molecule has 1 aliphatic carbocycles. The monoisotopic (exact) mass is 403 g/mol. The third-order valence-electron chi connectivity index (χ3n) is 3.60. The SMILES string of the molecule is CCOc1cccc(CN=C(N)NC2CCCCC2)c1.I. The molecule has 1 aliphatic rings. The molecule has 0 spiro atoms. The second-order valence-corrected chi connectivity index (χ2v) is 5.26. The van der Waals surface area contributed by atoms with Gasteiger partial charge in [-0.2, -0.15) is 0 Å². The Hall–Kier alpha value is -0.980. The summed E-state index contributed by atoms with van der Waals surface area (Å²) in [4.78, 5) is 4.42. The van der Waals surface area contributed by atoms with Crippen LogP contribution in [0.3, 0.4) is 0 Å². The summed E-state index contributed by atoms with van der Waals surface area (Å²) >= 11 is 0. The number of guanidine groups is 1. The number of hydrogen-bond acceptors (Lipinski definition) is 2. The molecule has 1 fully saturated rings. The van der Waals surface area contributed by atoms with Gasteiger partial charge in [0.15, 0.2) is 5.96 Å². The first-order chi connectivity index (χ1) is 9.78. The first kappa shape index (κ1) is 18.1. The van der Waals surface area contributed by atoms with Gasteiger partial charge in [0, 0.05) is 6.04 Å². The lowest BCUT2D eigenvalue weighted by Crippen LogP contribution is -2.41. The minimum Gasteiger partial charge on any atom is -0.494 e. The maximum absolute atomic E-state index is 5.96. The predicted octanol–water partition coefficient (Wildman–Crippen LogP) is 3.44. The van der Waals surface area contributed by atoms with Crippen LogP contribution in [0.25, 0.3) is 0 Å². The Bertz CT molecular complexity index is 445. The number of benzene rings is 1. The van der Waals surface area contributed by atoms with E-state index in [1.165, 1.54) is 32.1 Å². The quantitative estimate of drug-likeness (QED) is 0.450. The average molecular weight is 403 g/mol. The first-order valence-electron chi connectivity index (χ1n) is 7.56. The number of nitrogens with one attached hydrogen (secondary N) is 1. The van der Waals surface area contributed by atoms with Gasteiger partial charge in [0.2, 0.25) is 0 Å². The second-order valence-electron chi connectivity index (χ2n) is 5.26. The van der Waals surface area contributed by atoms with Crippen molar-refractivity contribution < 1.29 is 4.74 Å². The summed E-state index contributed by atoms with van der Waals surface area (Å²) in [5.41, 5.74) is 7.07. The summed E-state index contributed by atoms with van der Waals surface area (Å²) in [6.07, 6.45) is 6.34. The van der Waals surface area contributed by atoms with E-state index in [0.29, 0.717) is 25.2 Å². The van der Waals surface area contributed by atoms with E-state index >= 15 is 0 Å². The van der Waals surface area contributed by atoms with E-state index in [0.717, 1.165) is 11.3 Å². The smallest absolute Gasteiger partial charge is 0.189 e. The fourth-order valence-corrected chi connectivity index (χ4v) is 2.58. The highest BCUT2D eigenvalue weighted by Crippen LogP contribution is 2.17. The summed E-state index contributed by atoms with van der Waals surface area (Å²) in [5, 5.41) is 3.33. The molecule has 0 amide bonds. The molecule has 118 valence electrons. The lowest BCUT2D eigenvalue weighted by molar-refractivity contribution is 0.340. The summed E-state index contributed by atoms with van der Waals surface area (Å²) < 4.78 is 5.48. The Labute approximate surface area is 144 Å². The molecule has 0 atom stereocenters. The number of halogens is 1. The molecule has 1 aromatic carbocycles. The molecule has 0 unspecified atom stereocenters. The molecule has 21 heavy (non-hydrogen) atoms. The van der Waals surface area contributed by atoms with E-state index in [9.17, 15) is 0 Å². The maximum atomic E-state index is 5.96. The lowest BCUT2D eigenvalue weighted by Gasteiger charge is -2.23. The lowest BCUT2D eigenvalue weighted by atomic mass is 9.96. The molecular weight excluding hydrogens is 377 g/mol. The van der Waals surface area contributed by atoms with Crippen LogP contribution in [0.1, 0.15) is 44.6 Å². The van der Waals surface area contributed by atoms with Crippen molar-refractivity contribution in [2.75, 3.05) is 6.61 Å². The number of nitrogens with two attached hydrogens (primary N) is 1. The highest BCUT2D eigenvalue weighted by molar-refractivity contribution is 14.0. The van der Waals surface area contributed by atoms with Gasteiger partial charge in [0.25, 0.3) is 0 Å². The molecule has 3 N–H and O–H groups in total. The average Bonchev–Trinajstić information content (AvgIpc) is 2.47. The predicted molar refractivity (Wildman–Crippen MR) is 98.4 cm³/mol. The Balaban J connectivity index is 0.00000220. The van der Waals surface area contributed by atoms with Gasteiger partial charge in [0.05, 0.1) is 13.2 Å². The van der Waals surface area contributed by atoms with E-state index in [1.54, 1.807) is 0 Å². The summed E-state index contributed by atoms with van der Waals surface area (Å²) in [6.45, 7) is 3.25. The Morgan fingerprint density at radius 1 is 1.33 bits per heavy atom. The van der Waals surface area contributed by atoms with E-state index in [1.807, 2.05) is 31.2 Å². The summed E-state index contributed by atoms with van der Waals surface area (Å²) in [6, 6.07) is 8.50. The van der Waals surface area contributed by atoms with Crippen LogP contribution in [0, 0.1) is 0 Å². The van der Waals surface area contributed by atoms with Crippen LogP contribution in [0.15, 0.2) is 29.3 Å². The molecule has 0 aromatic heterocycles. The van der Waals surface area contributed by atoms with Crippen molar-refractivity contribution in [2.45, 2.75) is 51.6 Å². The molecular formula is C16H26IN3O. The third-order valence-corrected chi connectivity index (χ3v) is 3.60. The van der Waals surface area contributed by atoms with Crippen molar-refractivity contribution in [3.8, 4) is 5.75 Å². The standard InChI is InChI=1S/C16H25N3O.HI/c1-2-20-15-10-6-7-13(11-15)12-18-16(17)19-14-8-4-3-5-9-14;/h6-7,10-11,14H,2-5,8-9,12H2,1H3,(H3,17,18,19);1H. The van der Waals surface area contributed by atoms with Crippen LogP contribution in [0.4, 0.5) is 0 Å². The van der Waals surface area contributed by atoms with Gasteiger partial charge in [-0.25, -0.2) is 4.99 Å². The Kier molecular flexibility index (Phi) is 8.49. The van der Waals surface area contributed by atoms with E-state index < -0.39 is 0 Å². The highest BCUT2D eigenvalue weighted by atomic mass is 127. The molecule has 2 rings (SSSR count). The minimum atomic E-state index is 0. The normalized spacial score (nSPS) is 16.1. The second kappa shape index (κ2) is 9.87. The Morgan fingerprint density at radius 2 is 2.10 bits per heavy atom. The first-order valence-corrected chi connectivity index (χ1v) is 7.56. The van der Waals surface area contributed by atoms with Crippen molar-refractivity contribution in [1.29, 1.82) is 0 Å². The fourth-order valence-electron chi connectivity index (χ4n) is 2.58. The van der Waals surface area contributed by atoms with Gasteiger partial charge in [-0.1, -0.05) is 31.4 Å². The minimum absolute atomic E-state index is 0. The molecule has 1 aromatic rings. The Morgan fingerprint density at radius 3 is 2.81 bits per heavy atom. The van der Waals surface area contributed by atoms with Crippen molar-refractivity contribution in [3.05, 3.63) is 29.8 Å². The molecule has 0 saturated heterocycles. The maximum Gasteiger partial charge on any atom is 0.189 e. The van der Waals surface area contributed by atoms with Crippen LogP contribution in [0.2, 0.25) is 0 Å². The van der Waals surface area contributed by atoms with E-state index in [4.69, 9.17) is 10.5 Å². The van der Waals surface area contributed by atoms with Crippen LogP contribution < -0.4 is 15.8 Å². The number of nitrogens with zero attached hydrogens (tertiary/aromatic N) is 1. The van der Waals surface area contributed by atoms with Gasteiger partial charge >= 0.3 is 0 Å². The summed E-state index contributed by atoms with van der Waals surface area (Å²) in [7, 11) is 0. The zero-order chi connectivity index (χ0) is 14.2. The fraction of sp³-hybridized carbons (Fsp3) is 0.562. The van der Waals surface area contributed by atoms with Gasteiger partial charge < -0.3 is 15.8 Å². The van der Waals surface area contributed by atoms with Gasteiger partial charge in [-0.3, -0.25) is 0 Å². The van der Waals surface area contributed by atoms with Crippen LogP contribution in [-0.2, 0) is 6.54 Å². The topological polar surface area (TPSA) is 59.6 Å². The molecule has 0 heterocycles. The summed E-state index contributed by atoms with van der Waals surface area (Å²) in [5.74, 6) is 1.44. The van der Waals surface area contributed by atoms with Gasteiger partial charge in [-0.15, -0.1) is 24.0 Å². The number of aliphatic imine (C=N–C) groups is 1. The molecule has 0 bridgehead atoms. The molecule has 0 radical (unpaired) electrons. The zero-order valence-electron chi connectivity index (χ0n) is 12.7.